The Morgan fingerprint density at radius 2 is 2.18 bits per heavy atom. The van der Waals surface area contributed by atoms with Crippen LogP contribution >= 0.6 is 0 Å². The van der Waals surface area contributed by atoms with Crippen molar-refractivity contribution in [3.8, 4) is 0 Å². The summed E-state index contributed by atoms with van der Waals surface area (Å²) >= 11 is 0. The van der Waals surface area contributed by atoms with Crippen LogP contribution in [0.1, 0.15) is 32.1 Å². The topological polar surface area (TPSA) is 66.8 Å². The normalized spacial score (nSPS) is 19.9. The lowest BCUT2D eigenvalue weighted by Crippen LogP contribution is -2.29. The van der Waals surface area contributed by atoms with Crippen LogP contribution < -0.4 is 0 Å². The third-order valence-corrected chi connectivity index (χ3v) is 3.11. The molecular formula is C12H21NO4. The van der Waals surface area contributed by atoms with Crippen LogP contribution in [0.25, 0.3) is 0 Å². The summed E-state index contributed by atoms with van der Waals surface area (Å²) in [7, 11) is 1.66. The summed E-state index contributed by atoms with van der Waals surface area (Å²) in [5.41, 5.74) is 0. The van der Waals surface area contributed by atoms with E-state index in [-0.39, 0.29) is 18.9 Å². The molecule has 1 amide bonds. The van der Waals surface area contributed by atoms with E-state index < -0.39 is 5.97 Å². The molecule has 0 aromatic carbocycles. The molecule has 1 fully saturated rings. The molecule has 98 valence electrons. The van der Waals surface area contributed by atoms with Crippen LogP contribution in [0.3, 0.4) is 0 Å². The van der Waals surface area contributed by atoms with Crippen molar-refractivity contribution in [3.05, 3.63) is 0 Å². The molecule has 1 atom stereocenters. The number of carboxylic acid groups (broad SMARTS) is 1. The minimum absolute atomic E-state index is 0.00871. The number of carbonyl (C=O) groups is 2. The Bertz CT molecular complexity index is 261. The quantitative estimate of drug-likeness (QED) is 0.759. The first-order valence-electron chi connectivity index (χ1n) is 6.13. The second-order valence-electron chi connectivity index (χ2n) is 4.58. The zero-order chi connectivity index (χ0) is 12.7. The Morgan fingerprint density at radius 3 is 2.76 bits per heavy atom. The lowest BCUT2D eigenvalue weighted by atomic mass is 9.96. The first kappa shape index (κ1) is 14.0. The second kappa shape index (κ2) is 7.27. The maximum Gasteiger partial charge on any atom is 0.305 e. The van der Waals surface area contributed by atoms with Gasteiger partial charge in [0.25, 0.3) is 0 Å². The number of hydrogen-bond acceptors (Lipinski definition) is 3. The summed E-state index contributed by atoms with van der Waals surface area (Å²) in [6, 6.07) is 0. The predicted octanol–water partition coefficient (Wildman–Crippen LogP) is 1.13. The van der Waals surface area contributed by atoms with Gasteiger partial charge in [-0.1, -0.05) is 0 Å². The van der Waals surface area contributed by atoms with Crippen molar-refractivity contribution in [2.24, 2.45) is 5.92 Å². The molecule has 1 heterocycles. The van der Waals surface area contributed by atoms with Crippen LogP contribution in [-0.4, -0.2) is 48.7 Å². The average molecular weight is 243 g/mol. The van der Waals surface area contributed by atoms with E-state index in [1.54, 1.807) is 7.05 Å². The molecule has 1 unspecified atom stereocenters. The Hall–Kier alpha value is -1.10. The van der Waals surface area contributed by atoms with Crippen LogP contribution in [0, 0.1) is 5.92 Å². The van der Waals surface area contributed by atoms with E-state index >= 15 is 0 Å². The molecule has 0 spiro atoms. The van der Waals surface area contributed by atoms with Crippen LogP contribution in [0.4, 0.5) is 0 Å². The first-order valence-corrected chi connectivity index (χ1v) is 6.13. The molecule has 5 nitrogen and oxygen atoms in total. The van der Waals surface area contributed by atoms with E-state index in [2.05, 4.69) is 0 Å². The number of ether oxygens (including phenoxy) is 1. The van der Waals surface area contributed by atoms with Gasteiger partial charge in [-0.3, -0.25) is 9.59 Å². The van der Waals surface area contributed by atoms with Crippen LogP contribution in [0.5, 0.6) is 0 Å². The fourth-order valence-corrected chi connectivity index (χ4v) is 1.94. The molecule has 1 saturated heterocycles. The smallest absolute Gasteiger partial charge is 0.305 e. The highest BCUT2D eigenvalue weighted by Crippen LogP contribution is 2.19. The first-order chi connectivity index (χ1) is 8.09. The highest BCUT2D eigenvalue weighted by molar-refractivity contribution is 5.76. The third kappa shape index (κ3) is 5.68. The molecule has 1 aliphatic heterocycles. The molecule has 1 rings (SSSR count). The lowest BCUT2D eigenvalue weighted by molar-refractivity contribution is -0.138. The van der Waals surface area contributed by atoms with E-state index in [9.17, 15) is 9.59 Å². The Kier molecular flexibility index (Phi) is 5.97. The number of carbonyl (C=O) groups excluding carboxylic acids is 1. The number of carboxylic acids is 1. The van der Waals surface area contributed by atoms with Crippen LogP contribution in [-0.2, 0) is 14.3 Å². The van der Waals surface area contributed by atoms with Gasteiger partial charge in [0.2, 0.25) is 5.91 Å². The summed E-state index contributed by atoms with van der Waals surface area (Å²) in [6.45, 7) is 1.88. The van der Waals surface area contributed by atoms with Gasteiger partial charge in [-0.05, 0) is 25.2 Å². The SMILES string of the molecule is CN(CCC(=O)O)C(=O)CCC1CCCOC1. The zero-order valence-corrected chi connectivity index (χ0v) is 10.4. The van der Waals surface area contributed by atoms with Gasteiger partial charge >= 0.3 is 5.97 Å². The summed E-state index contributed by atoms with van der Waals surface area (Å²) in [5.74, 6) is -0.359. The Morgan fingerprint density at radius 1 is 1.41 bits per heavy atom. The van der Waals surface area contributed by atoms with Crippen molar-refractivity contribution in [2.75, 3.05) is 26.8 Å². The van der Waals surface area contributed by atoms with Gasteiger partial charge in [0.1, 0.15) is 0 Å². The molecule has 0 aliphatic carbocycles. The number of nitrogens with zero attached hydrogens (tertiary/aromatic N) is 1. The molecular weight excluding hydrogens is 222 g/mol. The van der Waals surface area contributed by atoms with Gasteiger partial charge in [-0.25, -0.2) is 0 Å². The number of hydrogen-bond donors (Lipinski definition) is 1. The van der Waals surface area contributed by atoms with Crippen LogP contribution in [0.15, 0.2) is 0 Å². The van der Waals surface area contributed by atoms with Crippen molar-refractivity contribution in [3.63, 3.8) is 0 Å². The number of amides is 1. The zero-order valence-electron chi connectivity index (χ0n) is 10.4. The predicted molar refractivity (Wildman–Crippen MR) is 62.7 cm³/mol. The fourth-order valence-electron chi connectivity index (χ4n) is 1.94. The van der Waals surface area contributed by atoms with Gasteiger partial charge in [-0.2, -0.15) is 0 Å². The molecule has 1 aliphatic rings. The highest BCUT2D eigenvalue weighted by atomic mass is 16.5. The molecule has 5 heteroatoms. The van der Waals surface area contributed by atoms with E-state index in [4.69, 9.17) is 9.84 Å². The van der Waals surface area contributed by atoms with E-state index in [0.29, 0.717) is 12.3 Å². The Labute approximate surface area is 102 Å². The average Bonchev–Trinajstić information content (AvgIpc) is 2.34. The number of aliphatic carboxylic acids is 1. The van der Waals surface area contributed by atoms with Crippen molar-refractivity contribution in [1.82, 2.24) is 4.90 Å². The summed E-state index contributed by atoms with van der Waals surface area (Å²) in [6.07, 6.45) is 3.55. The monoisotopic (exact) mass is 243 g/mol. The van der Waals surface area contributed by atoms with E-state index in [1.165, 1.54) is 4.90 Å². The molecule has 1 N–H and O–H groups in total. The molecule has 0 radical (unpaired) electrons. The van der Waals surface area contributed by atoms with Crippen molar-refractivity contribution < 1.29 is 19.4 Å². The number of rotatable bonds is 6. The van der Waals surface area contributed by atoms with E-state index in [1.807, 2.05) is 0 Å². The summed E-state index contributed by atoms with van der Waals surface area (Å²) in [4.78, 5) is 23.6. The minimum atomic E-state index is -0.870. The van der Waals surface area contributed by atoms with Gasteiger partial charge < -0.3 is 14.7 Å². The van der Waals surface area contributed by atoms with Gasteiger partial charge in [0.15, 0.2) is 0 Å². The largest absolute Gasteiger partial charge is 0.481 e. The summed E-state index contributed by atoms with van der Waals surface area (Å²) < 4.78 is 5.35. The highest BCUT2D eigenvalue weighted by Gasteiger charge is 2.17. The second-order valence-corrected chi connectivity index (χ2v) is 4.58. The molecule has 0 aromatic heterocycles. The van der Waals surface area contributed by atoms with Crippen LogP contribution in [0.2, 0.25) is 0 Å². The lowest BCUT2D eigenvalue weighted by Gasteiger charge is -2.23. The van der Waals surface area contributed by atoms with Gasteiger partial charge in [-0.15, -0.1) is 0 Å². The fraction of sp³-hybridized carbons (Fsp3) is 0.833. The third-order valence-electron chi connectivity index (χ3n) is 3.11. The summed E-state index contributed by atoms with van der Waals surface area (Å²) in [5, 5.41) is 8.52. The van der Waals surface area contributed by atoms with Crippen molar-refractivity contribution >= 4 is 11.9 Å². The molecule has 0 saturated carbocycles. The van der Waals surface area contributed by atoms with Crippen molar-refractivity contribution in [2.45, 2.75) is 32.1 Å². The Balaban J connectivity index is 2.16. The van der Waals surface area contributed by atoms with Gasteiger partial charge in [0, 0.05) is 33.2 Å². The molecule has 0 bridgehead atoms. The molecule has 17 heavy (non-hydrogen) atoms. The minimum Gasteiger partial charge on any atom is -0.481 e. The standard InChI is InChI=1S/C12H21NO4/c1-13(7-6-12(15)16)11(14)5-4-10-3-2-8-17-9-10/h10H,2-9H2,1H3,(H,15,16). The maximum absolute atomic E-state index is 11.7. The maximum atomic E-state index is 11.7. The van der Waals surface area contributed by atoms with Crippen molar-refractivity contribution in [1.29, 1.82) is 0 Å². The molecule has 0 aromatic rings. The van der Waals surface area contributed by atoms with E-state index in [0.717, 1.165) is 32.5 Å². The van der Waals surface area contributed by atoms with Gasteiger partial charge in [0.05, 0.1) is 6.42 Å².